The molecule has 3 nitrogen and oxygen atoms in total. The van der Waals surface area contributed by atoms with Gasteiger partial charge in [0.1, 0.15) is 0 Å². The summed E-state index contributed by atoms with van der Waals surface area (Å²) < 4.78 is 0.983. The Labute approximate surface area is 127 Å². The topological polar surface area (TPSA) is 53.0 Å². The fourth-order valence-electron chi connectivity index (χ4n) is 2.00. The van der Waals surface area contributed by atoms with E-state index in [0.29, 0.717) is 5.56 Å². The van der Waals surface area contributed by atoms with E-state index in [2.05, 4.69) is 22.0 Å². The van der Waals surface area contributed by atoms with E-state index in [1.54, 1.807) is 6.07 Å². The maximum absolute atomic E-state index is 8.97. The Morgan fingerprint density at radius 2 is 2.00 bits per heavy atom. The van der Waals surface area contributed by atoms with Crippen molar-refractivity contribution in [3.05, 3.63) is 58.1 Å². The van der Waals surface area contributed by atoms with Gasteiger partial charge in [-0.25, -0.2) is 0 Å². The molecule has 0 unspecified atom stereocenters. The summed E-state index contributed by atoms with van der Waals surface area (Å²) in [5.41, 5.74) is 9.62. The Balaban J connectivity index is 2.38. The Morgan fingerprint density at radius 1 is 1.25 bits per heavy atom. The average molecular weight is 330 g/mol. The second-order valence-electron chi connectivity index (χ2n) is 4.72. The van der Waals surface area contributed by atoms with E-state index < -0.39 is 0 Å². The number of hydrogen-bond donors (Lipinski definition) is 1. The first-order valence-electron chi connectivity index (χ1n) is 6.32. The quantitative estimate of drug-likeness (QED) is 0.921. The Bertz CT molecular complexity index is 659. The summed E-state index contributed by atoms with van der Waals surface area (Å²) in [6, 6.07) is 15.8. The van der Waals surface area contributed by atoms with E-state index >= 15 is 0 Å². The summed E-state index contributed by atoms with van der Waals surface area (Å²) in [4.78, 5) is 2.04. The molecule has 0 bridgehead atoms. The third-order valence-electron chi connectivity index (χ3n) is 3.22. The van der Waals surface area contributed by atoms with Gasteiger partial charge >= 0.3 is 0 Å². The molecule has 0 aliphatic carbocycles. The Morgan fingerprint density at radius 3 is 2.60 bits per heavy atom. The van der Waals surface area contributed by atoms with Gasteiger partial charge in [0.2, 0.25) is 0 Å². The number of hydrogen-bond acceptors (Lipinski definition) is 3. The van der Waals surface area contributed by atoms with Crippen molar-refractivity contribution in [1.82, 2.24) is 0 Å². The predicted octanol–water partition coefficient (Wildman–Crippen LogP) is 4.11. The Kier molecular flexibility index (Phi) is 4.43. The van der Waals surface area contributed by atoms with Crippen LogP contribution in [0.4, 0.5) is 11.4 Å². The van der Waals surface area contributed by atoms with E-state index in [1.165, 1.54) is 0 Å². The van der Waals surface area contributed by atoms with Gasteiger partial charge in [-0.05, 0) is 58.7 Å². The van der Waals surface area contributed by atoms with Crippen LogP contribution < -0.4 is 10.6 Å². The zero-order valence-electron chi connectivity index (χ0n) is 11.5. The lowest BCUT2D eigenvalue weighted by molar-refractivity contribution is 0.817. The van der Waals surface area contributed by atoms with Crippen LogP contribution in [0.2, 0.25) is 0 Å². The molecule has 102 valence electrons. The number of benzene rings is 2. The van der Waals surface area contributed by atoms with Gasteiger partial charge in [0, 0.05) is 23.2 Å². The number of nitriles is 1. The molecule has 0 aliphatic heterocycles. The highest BCUT2D eigenvalue weighted by molar-refractivity contribution is 9.10. The van der Waals surface area contributed by atoms with Crippen LogP contribution in [0.5, 0.6) is 0 Å². The average Bonchev–Trinajstić information content (AvgIpc) is 2.46. The molecule has 0 fully saturated rings. The molecule has 0 aromatic heterocycles. The SMILES string of the molecule is C[C@H](N)c1ccc(N(C)c2cccc(C#N)c2)c(Br)c1. The molecule has 4 heteroatoms. The molecule has 0 radical (unpaired) electrons. The molecule has 2 aromatic rings. The molecule has 2 aromatic carbocycles. The second kappa shape index (κ2) is 6.08. The van der Waals surface area contributed by atoms with Crippen LogP contribution in [0.25, 0.3) is 0 Å². The third-order valence-corrected chi connectivity index (χ3v) is 3.86. The normalized spacial score (nSPS) is 11.8. The number of rotatable bonds is 3. The highest BCUT2D eigenvalue weighted by Crippen LogP contribution is 2.32. The lowest BCUT2D eigenvalue weighted by atomic mass is 10.1. The predicted molar refractivity (Wildman–Crippen MR) is 86.0 cm³/mol. The molecule has 0 spiro atoms. The van der Waals surface area contributed by atoms with Gasteiger partial charge in [0.05, 0.1) is 17.3 Å². The van der Waals surface area contributed by atoms with E-state index in [-0.39, 0.29) is 6.04 Å². The first kappa shape index (κ1) is 14.6. The van der Waals surface area contributed by atoms with Crippen LogP contribution in [0, 0.1) is 11.3 Å². The van der Waals surface area contributed by atoms with Crippen LogP contribution in [0.3, 0.4) is 0 Å². The zero-order valence-corrected chi connectivity index (χ0v) is 13.1. The largest absolute Gasteiger partial charge is 0.344 e. The van der Waals surface area contributed by atoms with Crippen molar-refractivity contribution in [2.24, 2.45) is 5.73 Å². The smallest absolute Gasteiger partial charge is 0.0992 e. The van der Waals surface area contributed by atoms with Gasteiger partial charge in [-0.15, -0.1) is 0 Å². The van der Waals surface area contributed by atoms with Crippen molar-refractivity contribution in [3.8, 4) is 6.07 Å². The lowest BCUT2D eigenvalue weighted by Crippen LogP contribution is -2.11. The van der Waals surface area contributed by atoms with Crippen molar-refractivity contribution in [1.29, 1.82) is 5.26 Å². The van der Waals surface area contributed by atoms with Crippen molar-refractivity contribution in [3.63, 3.8) is 0 Å². The standard InChI is InChI=1S/C16H16BrN3/c1-11(19)13-6-7-16(15(17)9-13)20(2)14-5-3-4-12(8-14)10-18/h3-9,11H,19H2,1-2H3/t11-/m0/s1. The van der Waals surface area contributed by atoms with Crippen molar-refractivity contribution < 1.29 is 0 Å². The highest BCUT2D eigenvalue weighted by Gasteiger charge is 2.10. The van der Waals surface area contributed by atoms with Crippen molar-refractivity contribution in [2.75, 3.05) is 11.9 Å². The molecule has 1 atom stereocenters. The molecule has 0 amide bonds. The van der Waals surface area contributed by atoms with Crippen LogP contribution in [0.1, 0.15) is 24.1 Å². The van der Waals surface area contributed by atoms with E-state index in [4.69, 9.17) is 11.0 Å². The molecular weight excluding hydrogens is 314 g/mol. The number of nitrogens with two attached hydrogens (primary N) is 1. The number of halogens is 1. The molecule has 0 aliphatic rings. The summed E-state index contributed by atoms with van der Waals surface area (Å²) in [6.07, 6.45) is 0. The summed E-state index contributed by atoms with van der Waals surface area (Å²) in [5, 5.41) is 8.97. The highest BCUT2D eigenvalue weighted by atomic mass is 79.9. The first-order chi connectivity index (χ1) is 9.52. The summed E-state index contributed by atoms with van der Waals surface area (Å²) in [7, 11) is 1.97. The minimum absolute atomic E-state index is 0.00701. The van der Waals surface area contributed by atoms with Crippen LogP contribution in [-0.2, 0) is 0 Å². The summed E-state index contributed by atoms with van der Waals surface area (Å²) >= 11 is 3.59. The van der Waals surface area contributed by atoms with Gasteiger partial charge in [0.25, 0.3) is 0 Å². The maximum Gasteiger partial charge on any atom is 0.0992 e. The lowest BCUT2D eigenvalue weighted by Gasteiger charge is -2.22. The van der Waals surface area contributed by atoms with Crippen molar-refractivity contribution >= 4 is 27.3 Å². The van der Waals surface area contributed by atoms with E-state index in [1.807, 2.05) is 55.3 Å². The second-order valence-corrected chi connectivity index (χ2v) is 5.58. The molecule has 2 rings (SSSR count). The van der Waals surface area contributed by atoms with Gasteiger partial charge in [-0.1, -0.05) is 12.1 Å². The molecule has 0 saturated heterocycles. The fraction of sp³-hybridized carbons (Fsp3) is 0.188. The molecule has 2 N–H and O–H groups in total. The van der Waals surface area contributed by atoms with Crippen LogP contribution in [-0.4, -0.2) is 7.05 Å². The first-order valence-corrected chi connectivity index (χ1v) is 7.11. The Hall–Kier alpha value is -1.83. The number of anilines is 2. The molecular formula is C16H16BrN3. The van der Waals surface area contributed by atoms with Gasteiger partial charge in [0.15, 0.2) is 0 Å². The van der Waals surface area contributed by atoms with Crippen LogP contribution in [0.15, 0.2) is 46.9 Å². The monoisotopic (exact) mass is 329 g/mol. The minimum Gasteiger partial charge on any atom is -0.344 e. The maximum atomic E-state index is 8.97. The third kappa shape index (κ3) is 3.01. The van der Waals surface area contributed by atoms with Crippen LogP contribution >= 0.6 is 15.9 Å². The number of nitrogens with zero attached hydrogens (tertiary/aromatic N) is 2. The fourth-order valence-corrected chi connectivity index (χ4v) is 2.66. The summed E-state index contributed by atoms with van der Waals surface area (Å²) in [5.74, 6) is 0. The van der Waals surface area contributed by atoms with Crippen molar-refractivity contribution in [2.45, 2.75) is 13.0 Å². The molecule has 0 saturated carbocycles. The van der Waals surface area contributed by atoms with Gasteiger partial charge < -0.3 is 10.6 Å². The van der Waals surface area contributed by atoms with E-state index in [9.17, 15) is 0 Å². The molecule has 20 heavy (non-hydrogen) atoms. The minimum atomic E-state index is 0.00701. The van der Waals surface area contributed by atoms with Gasteiger partial charge in [-0.2, -0.15) is 5.26 Å². The zero-order chi connectivity index (χ0) is 14.7. The van der Waals surface area contributed by atoms with E-state index in [0.717, 1.165) is 21.4 Å². The van der Waals surface area contributed by atoms with Gasteiger partial charge in [-0.3, -0.25) is 0 Å². The summed E-state index contributed by atoms with van der Waals surface area (Å²) in [6.45, 7) is 1.96. The molecule has 0 heterocycles.